The predicted octanol–water partition coefficient (Wildman–Crippen LogP) is 11.8. The van der Waals surface area contributed by atoms with Crippen molar-refractivity contribution in [3.05, 3.63) is 204 Å². The quantitative estimate of drug-likeness (QED) is 0.00684. The maximum Gasteiger partial charge on any atom is 2.00 e. The molecule has 1 fully saturated rings. The largest absolute Gasteiger partial charge is 2.00 e. The molecule has 0 spiro atoms. The first kappa shape index (κ1) is 89.0. The van der Waals surface area contributed by atoms with Crippen LogP contribution < -0.4 is 32.3 Å². The van der Waals surface area contributed by atoms with Crippen molar-refractivity contribution < 1.29 is 68.5 Å². The third kappa shape index (κ3) is 28.5. The summed E-state index contributed by atoms with van der Waals surface area (Å²) in [5.41, 5.74) is 19.4. The standard InChI is InChI=1S/2C33H35FN2O5.C8H14O2S2.C4H11N5.CH4.Ca/c2*1-21(2)31-30(33(41)35-25-11-7-4-8-12-25)29(22-9-5-3-6-10-22)32(23-13-15-24(34)16-14-23)36(31)18-17-26(37)19-27(38)20-28(39)40;9-8(10)4-2-1-3-7-5-6-11-12-7;1-9(2)4(7)8-3(5)6;;/h2*3-16,21,26-27,37-38H,17-20H2,1-2H3,(H,35,41)(H,39,40);7H,1-6H2,(H,9,10);1-2H3,(H5,5,6,7,8);1H4;/q;;;;;+2/p-2/t2*26-,27-;7-;;;/m111.../s1. The van der Waals surface area contributed by atoms with Crippen LogP contribution in [-0.2, 0) is 27.5 Å². The number of hydrogen-bond acceptors (Lipinski definition) is 14. The number of anilines is 2. The number of aromatic nitrogens is 2. The minimum absolute atomic E-state index is 0. The molecule has 6 aromatic carbocycles. The summed E-state index contributed by atoms with van der Waals surface area (Å²) in [6.45, 7) is 8.45. The Morgan fingerprint density at radius 3 is 1.27 bits per heavy atom. The first-order valence-electron chi connectivity index (χ1n) is 34.0. The monoisotopic (exact) mass is 1510 g/mol. The van der Waals surface area contributed by atoms with Crippen molar-refractivity contribution in [3.63, 3.8) is 0 Å². The van der Waals surface area contributed by atoms with Crippen molar-refractivity contribution >= 4 is 112 Å². The zero-order valence-electron chi connectivity index (χ0n) is 59.4. The van der Waals surface area contributed by atoms with Gasteiger partial charge in [0.25, 0.3) is 11.8 Å². The van der Waals surface area contributed by atoms with E-state index in [1.54, 1.807) is 62.6 Å². The molecule has 5 atom stereocenters. The van der Waals surface area contributed by atoms with Crippen LogP contribution in [0, 0.1) is 17.0 Å². The minimum atomic E-state index is -1.39. The number of carbonyl (C=O) groups excluding carboxylic acids is 4. The molecule has 0 radical (unpaired) electrons. The number of unbranched alkanes of at least 4 members (excludes halogenated alkanes) is 1. The van der Waals surface area contributed by atoms with E-state index in [-0.39, 0.29) is 120 Å². The van der Waals surface area contributed by atoms with Gasteiger partial charge in [-0.05, 0) is 152 Å². The molecule has 21 nitrogen and oxygen atoms in total. The van der Waals surface area contributed by atoms with E-state index in [1.807, 2.05) is 155 Å². The molecule has 9 rings (SSSR count). The number of rotatable bonds is 29. The topological polar surface area (TPSA) is 358 Å². The van der Waals surface area contributed by atoms with Crippen LogP contribution in [0.5, 0.6) is 0 Å². The Morgan fingerprint density at radius 2 is 0.962 bits per heavy atom. The van der Waals surface area contributed by atoms with Gasteiger partial charge in [-0.15, -0.1) is 0 Å². The number of carboxylic acid groups (broad SMARTS) is 3. The van der Waals surface area contributed by atoms with Gasteiger partial charge in [0, 0.05) is 103 Å². The first-order chi connectivity index (χ1) is 49.1. The number of aliphatic carboxylic acids is 3. The van der Waals surface area contributed by atoms with Gasteiger partial charge in [0.15, 0.2) is 5.96 Å². The number of halogens is 2. The van der Waals surface area contributed by atoms with Crippen molar-refractivity contribution in [1.82, 2.24) is 14.0 Å². The van der Waals surface area contributed by atoms with E-state index in [2.05, 4.69) is 15.6 Å². The summed E-state index contributed by atoms with van der Waals surface area (Å²) in [6, 6.07) is 49.4. The number of amides is 2. The third-order valence-electron chi connectivity index (χ3n) is 16.4. The second-order valence-electron chi connectivity index (χ2n) is 25.5. The van der Waals surface area contributed by atoms with Crippen LogP contribution in [0.15, 0.2) is 175 Å². The van der Waals surface area contributed by atoms with Crippen molar-refractivity contribution in [3.8, 4) is 44.8 Å². The van der Waals surface area contributed by atoms with Crippen LogP contribution in [0.3, 0.4) is 0 Å². The zero-order chi connectivity index (χ0) is 75.3. The van der Waals surface area contributed by atoms with E-state index in [4.69, 9.17) is 22.0 Å². The average Bonchev–Trinajstić information content (AvgIpc) is 1.61. The number of aliphatic hydroxyl groups excluding tert-OH is 4. The molecule has 3 heterocycles. The molecule has 105 heavy (non-hydrogen) atoms. The van der Waals surface area contributed by atoms with Gasteiger partial charge in [0.05, 0.1) is 46.9 Å². The number of hydrogen-bond donors (Lipinski definition) is 10. The van der Waals surface area contributed by atoms with Crippen LogP contribution in [-0.4, -0.2) is 168 Å². The van der Waals surface area contributed by atoms with Crippen LogP contribution in [0.4, 0.5) is 20.2 Å². The predicted molar refractivity (Wildman–Crippen MR) is 414 cm³/mol. The number of nitrogens with one attached hydrogen (secondary N) is 3. The summed E-state index contributed by atoms with van der Waals surface area (Å²) in [5.74, 6) is -3.84. The van der Waals surface area contributed by atoms with Gasteiger partial charge in [-0.3, -0.25) is 19.8 Å². The molecule has 0 bridgehead atoms. The Hall–Kier alpha value is -8.37. The fourth-order valence-electron chi connectivity index (χ4n) is 11.8. The number of guanidine groups is 2. The van der Waals surface area contributed by atoms with Crippen LogP contribution in [0.25, 0.3) is 44.8 Å². The summed E-state index contributed by atoms with van der Waals surface area (Å²) in [4.78, 5) is 65.0. The van der Waals surface area contributed by atoms with Crippen LogP contribution in [0.1, 0.15) is 150 Å². The Balaban J connectivity index is 0.000000343. The van der Waals surface area contributed by atoms with E-state index in [0.29, 0.717) is 62.6 Å². The molecule has 8 aromatic rings. The number of nitrogens with zero attached hydrogens (tertiary/aromatic N) is 4. The second kappa shape index (κ2) is 45.2. The molecule has 0 saturated carbocycles. The third-order valence-corrected chi connectivity index (χ3v) is 19.4. The van der Waals surface area contributed by atoms with Gasteiger partial charge in [0.1, 0.15) is 11.6 Å². The molecule has 0 aliphatic carbocycles. The van der Waals surface area contributed by atoms with Crippen LogP contribution >= 0.6 is 21.6 Å². The Labute approximate surface area is 651 Å². The number of carbonyl (C=O) groups is 5. The maximum absolute atomic E-state index is 14.0. The molecule has 2 amide bonds. The smallest absolute Gasteiger partial charge is 0.550 e. The Bertz CT molecular complexity index is 3820. The van der Waals surface area contributed by atoms with Crippen molar-refractivity contribution in [1.29, 1.82) is 5.41 Å². The number of nitrogens with two attached hydrogens (primary N) is 2. The second-order valence-corrected chi connectivity index (χ2v) is 28.3. The molecule has 12 N–H and O–H groups in total. The summed E-state index contributed by atoms with van der Waals surface area (Å²) < 4.78 is 32.0. The van der Waals surface area contributed by atoms with Gasteiger partial charge < -0.3 is 81.5 Å². The molecular formula is C79H97CaF2N9O12S2. The van der Waals surface area contributed by atoms with E-state index < -0.39 is 66.8 Å². The van der Waals surface area contributed by atoms with Crippen LogP contribution in [0.2, 0.25) is 0 Å². The number of aliphatic imine (C=N–C) groups is 1. The van der Waals surface area contributed by atoms with Gasteiger partial charge >= 0.3 is 43.7 Å². The fraction of sp³-hybridized carbons (Fsp3) is 0.354. The molecule has 0 unspecified atom stereocenters. The van der Waals surface area contributed by atoms with Gasteiger partial charge in [-0.2, -0.15) is 4.99 Å². The van der Waals surface area contributed by atoms with E-state index in [0.717, 1.165) is 40.6 Å². The molecule has 1 aliphatic heterocycles. The van der Waals surface area contributed by atoms with Gasteiger partial charge in [0.2, 0.25) is 5.96 Å². The first-order valence-corrected chi connectivity index (χ1v) is 36.4. The van der Waals surface area contributed by atoms with E-state index in [9.17, 15) is 63.4 Å². The normalized spacial score (nSPS) is 13.3. The number of benzene rings is 6. The van der Waals surface area contributed by atoms with E-state index >= 15 is 0 Å². The molecule has 558 valence electrons. The number of carboxylic acids is 3. The Kier molecular flexibility index (Phi) is 38.3. The van der Waals surface area contributed by atoms with Crippen molar-refractivity contribution in [2.45, 2.75) is 160 Å². The molecule has 26 heteroatoms. The number of aliphatic hydroxyl groups is 4. The van der Waals surface area contributed by atoms with Gasteiger partial charge in [-0.1, -0.05) is 160 Å². The molecule has 1 aliphatic rings. The Morgan fingerprint density at radius 1 is 0.590 bits per heavy atom. The SMILES string of the molecule is C.CC(C)c1c(C(=O)Nc2ccccc2)c(-c2ccccc2)c(-c2ccc(F)cc2)n1CC[C@@H](O)C[C@@H](O)CC(=O)[O-].CC(C)c1c(C(=O)Nc2ccccc2)c(-c2ccccc2)c(-c2ccc(F)cc2)n1CC[C@@H](O)C[C@@H](O)CC(=O)[O-].CN(C)C(=N)N=C(N)N.O=C(O)CCCC[C@@H]1CCSS1.[Ca+2]. The summed E-state index contributed by atoms with van der Waals surface area (Å²) in [5, 5.41) is 85.5. The van der Waals surface area contributed by atoms with E-state index in [1.165, 1.54) is 47.8 Å². The van der Waals surface area contributed by atoms with Crippen molar-refractivity contribution in [2.24, 2.45) is 16.5 Å². The minimum Gasteiger partial charge on any atom is -0.550 e. The number of para-hydroxylation sites is 2. The maximum atomic E-state index is 14.0. The van der Waals surface area contributed by atoms with Crippen molar-refractivity contribution in [2.75, 3.05) is 30.5 Å². The summed E-state index contributed by atoms with van der Waals surface area (Å²) in [7, 11) is 7.30. The fourth-order valence-corrected chi connectivity index (χ4v) is 14.9. The molecule has 1 saturated heterocycles. The molecular weight excluding hydrogens is 1410 g/mol. The van der Waals surface area contributed by atoms with Gasteiger partial charge in [-0.25, -0.2) is 8.78 Å². The summed E-state index contributed by atoms with van der Waals surface area (Å²) in [6.07, 6.45) is -0.775. The zero-order valence-corrected chi connectivity index (χ0v) is 63.3. The molecule has 2 aromatic heterocycles. The summed E-state index contributed by atoms with van der Waals surface area (Å²) >= 11 is 0. The average molecular weight is 1510 g/mol.